The Morgan fingerprint density at radius 2 is 1.96 bits per heavy atom. The Bertz CT molecular complexity index is 803. The molecule has 0 saturated carbocycles. The van der Waals surface area contributed by atoms with Crippen LogP contribution in [0.25, 0.3) is 0 Å². The third-order valence-electron chi connectivity index (χ3n) is 4.20. The second-order valence-electron chi connectivity index (χ2n) is 6.10. The van der Waals surface area contributed by atoms with Crippen LogP contribution in [0.3, 0.4) is 0 Å². The fourth-order valence-corrected chi connectivity index (χ4v) is 3.33. The van der Waals surface area contributed by atoms with E-state index in [9.17, 15) is 4.79 Å². The average Bonchev–Trinajstić information content (AvgIpc) is 2.66. The predicted octanol–water partition coefficient (Wildman–Crippen LogP) is 5.15. The zero-order valence-electron chi connectivity index (χ0n) is 14.3. The molecule has 1 amide bonds. The summed E-state index contributed by atoms with van der Waals surface area (Å²) in [6.07, 6.45) is 9.49. The Labute approximate surface area is 162 Å². The van der Waals surface area contributed by atoms with Crippen molar-refractivity contribution in [1.29, 1.82) is 0 Å². The van der Waals surface area contributed by atoms with Gasteiger partial charge in [0.05, 0.1) is 15.7 Å². The molecule has 0 bridgehead atoms. The van der Waals surface area contributed by atoms with Crippen LogP contribution in [0.2, 0.25) is 10.0 Å². The minimum Gasteiger partial charge on any atom is -0.350 e. The van der Waals surface area contributed by atoms with E-state index in [-0.39, 0.29) is 11.9 Å². The number of allylic oxidation sites excluding steroid dienone is 1. The first-order valence-electron chi connectivity index (χ1n) is 8.63. The van der Waals surface area contributed by atoms with E-state index in [1.807, 2.05) is 0 Å². The minimum absolute atomic E-state index is 0.225. The topological polar surface area (TPSA) is 66.9 Å². The molecule has 26 heavy (non-hydrogen) atoms. The molecular weight excluding hydrogens is 371 g/mol. The van der Waals surface area contributed by atoms with Crippen molar-refractivity contribution in [2.45, 2.75) is 32.1 Å². The Morgan fingerprint density at radius 1 is 1.15 bits per heavy atom. The van der Waals surface area contributed by atoms with Gasteiger partial charge in [-0.3, -0.25) is 4.79 Å². The highest BCUT2D eigenvalue weighted by atomic mass is 35.5. The average molecular weight is 391 g/mol. The van der Waals surface area contributed by atoms with Gasteiger partial charge in [-0.15, -0.1) is 0 Å². The number of aromatic nitrogens is 2. The number of carbonyl (C=O) groups is 1. The number of rotatable bonds is 6. The number of hydrogen-bond acceptors (Lipinski definition) is 4. The Hall–Kier alpha value is -2.11. The lowest BCUT2D eigenvalue weighted by atomic mass is 9.97. The highest BCUT2D eigenvalue weighted by molar-refractivity contribution is 6.39. The van der Waals surface area contributed by atoms with E-state index in [4.69, 9.17) is 23.2 Å². The number of para-hydroxylation sites is 1. The SMILES string of the molecule is O=C(NCCC1=CCCCC1)c1ccnc(Nc2c(Cl)cccc2Cl)n1. The molecule has 5 nitrogen and oxygen atoms in total. The summed E-state index contributed by atoms with van der Waals surface area (Å²) in [5, 5.41) is 6.79. The number of anilines is 2. The van der Waals surface area contributed by atoms with Crippen LogP contribution in [0, 0.1) is 0 Å². The lowest BCUT2D eigenvalue weighted by Crippen LogP contribution is -2.26. The lowest BCUT2D eigenvalue weighted by molar-refractivity contribution is 0.0949. The summed E-state index contributed by atoms with van der Waals surface area (Å²) in [5.41, 5.74) is 2.23. The smallest absolute Gasteiger partial charge is 0.270 e. The summed E-state index contributed by atoms with van der Waals surface area (Å²) >= 11 is 12.3. The highest BCUT2D eigenvalue weighted by Gasteiger charge is 2.12. The molecule has 0 saturated heterocycles. The molecule has 0 spiro atoms. The normalized spacial score (nSPS) is 13.8. The molecule has 0 unspecified atom stereocenters. The van der Waals surface area contributed by atoms with Crippen molar-refractivity contribution < 1.29 is 4.79 Å². The molecule has 1 aliphatic carbocycles. The van der Waals surface area contributed by atoms with E-state index in [1.165, 1.54) is 24.6 Å². The van der Waals surface area contributed by atoms with E-state index < -0.39 is 0 Å². The maximum absolute atomic E-state index is 12.3. The number of hydrogen-bond donors (Lipinski definition) is 2. The number of nitrogens with one attached hydrogen (secondary N) is 2. The maximum Gasteiger partial charge on any atom is 0.270 e. The van der Waals surface area contributed by atoms with Crippen LogP contribution in [0.1, 0.15) is 42.6 Å². The van der Waals surface area contributed by atoms with Crippen LogP contribution >= 0.6 is 23.2 Å². The largest absolute Gasteiger partial charge is 0.350 e. The maximum atomic E-state index is 12.3. The number of amides is 1. The van der Waals surface area contributed by atoms with Gasteiger partial charge in [0.25, 0.3) is 5.91 Å². The van der Waals surface area contributed by atoms with E-state index in [0.29, 0.717) is 28.0 Å². The molecule has 1 aliphatic rings. The molecule has 0 aliphatic heterocycles. The molecule has 0 atom stereocenters. The molecule has 7 heteroatoms. The van der Waals surface area contributed by atoms with E-state index in [0.717, 1.165) is 19.3 Å². The lowest BCUT2D eigenvalue weighted by Gasteiger charge is -2.13. The van der Waals surface area contributed by atoms with Gasteiger partial charge >= 0.3 is 0 Å². The van der Waals surface area contributed by atoms with Crippen LogP contribution in [-0.2, 0) is 0 Å². The molecule has 136 valence electrons. The van der Waals surface area contributed by atoms with Gasteiger partial charge in [0.1, 0.15) is 5.69 Å². The first kappa shape index (κ1) is 18.7. The van der Waals surface area contributed by atoms with Gasteiger partial charge in [-0.25, -0.2) is 9.97 Å². The summed E-state index contributed by atoms with van der Waals surface area (Å²) in [6, 6.07) is 6.76. The van der Waals surface area contributed by atoms with Crippen molar-refractivity contribution >= 4 is 40.7 Å². The Balaban J connectivity index is 1.61. The van der Waals surface area contributed by atoms with Crippen molar-refractivity contribution in [3.8, 4) is 0 Å². The monoisotopic (exact) mass is 390 g/mol. The van der Waals surface area contributed by atoms with E-state index in [2.05, 4.69) is 26.7 Å². The molecule has 1 aromatic heterocycles. The standard InChI is InChI=1S/C19H20Cl2N4O/c20-14-7-4-8-15(21)17(14)25-19-23-12-10-16(24-19)18(26)22-11-9-13-5-2-1-3-6-13/h4-5,7-8,10,12H,1-3,6,9,11H2,(H,22,26)(H,23,24,25). The van der Waals surface area contributed by atoms with E-state index in [1.54, 1.807) is 24.3 Å². The summed E-state index contributed by atoms with van der Waals surface area (Å²) in [4.78, 5) is 20.7. The van der Waals surface area contributed by atoms with Gasteiger partial charge in [-0.2, -0.15) is 0 Å². The van der Waals surface area contributed by atoms with Crippen LogP contribution in [0.5, 0.6) is 0 Å². The second kappa shape index (κ2) is 9.01. The van der Waals surface area contributed by atoms with Crippen molar-refractivity contribution in [2.24, 2.45) is 0 Å². The van der Waals surface area contributed by atoms with Gasteiger partial charge in [0, 0.05) is 12.7 Å². The second-order valence-corrected chi connectivity index (χ2v) is 6.92. The van der Waals surface area contributed by atoms with Gasteiger partial charge < -0.3 is 10.6 Å². The molecule has 1 heterocycles. The molecule has 3 rings (SSSR count). The molecule has 0 radical (unpaired) electrons. The number of carbonyl (C=O) groups excluding carboxylic acids is 1. The van der Waals surface area contributed by atoms with Crippen molar-refractivity contribution in [3.63, 3.8) is 0 Å². The highest BCUT2D eigenvalue weighted by Crippen LogP contribution is 2.31. The van der Waals surface area contributed by atoms with E-state index >= 15 is 0 Å². The van der Waals surface area contributed by atoms with Gasteiger partial charge in [0.15, 0.2) is 0 Å². The quantitative estimate of drug-likeness (QED) is 0.669. The molecule has 0 fully saturated rings. The van der Waals surface area contributed by atoms with Gasteiger partial charge in [0.2, 0.25) is 5.95 Å². The first-order chi connectivity index (χ1) is 12.6. The van der Waals surface area contributed by atoms with Crippen LogP contribution in [-0.4, -0.2) is 22.4 Å². The zero-order chi connectivity index (χ0) is 18.4. The Kier molecular flexibility index (Phi) is 6.47. The minimum atomic E-state index is -0.225. The molecule has 1 aromatic carbocycles. The molecule has 2 N–H and O–H groups in total. The van der Waals surface area contributed by atoms with Crippen LogP contribution in [0.15, 0.2) is 42.1 Å². The van der Waals surface area contributed by atoms with Crippen molar-refractivity contribution in [1.82, 2.24) is 15.3 Å². The summed E-state index contributed by atoms with van der Waals surface area (Å²) in [5.74, 6) is 0.0414. The number of benzene rings is 1. The van der Waals surface area contributed by atoms with Crippen LogP contribution < -0.4 is 10.6 Å². The van der Waals surface area contributed by atoms with Gasteiger partial charge in [-0.05, 0) is 50.3 Å². The fraction of sp³-hybridized carbons (Fsp3) is 0.316. The Morgan fingerprint density at radius 3 is 2.69 bits per heavy atom. The number of nitrogens with zero attached hydrogens (tertiary/aromatic N) is 2. The van der Waals surface area contributed by atoms with Crippen molar-refractivity contribution in [3.05, 3.63) is 57.9 Å². The zero-order valence-corrected chi connectivity index (χ0v) is 15.8. The summed E-state index contributed by atoms with van der Waals surface area (Å²) < 4.78 is 0. The number of halogens is 2. The van der Waals surface area contributed by atoms with Crippen molar-refractivity contribution in [2.75, 3.05) is 11.9 Å². The third-order valence-corrected chi connectivity index (χ3v) is 4.83. The fourth-order valence-electron chi connectivity index (χ4n) is 2.83. The third kappa shape index (κ3) is 4.96. The summed E-state index contributed by atoms with van der Waals surface area (Å²) in [6.45, 7) is 0.605. The predicted molar refractivity (Wildman–Crippen MR) is 105 cm³/mol. The molecular formula is C19H20Cl2N4O. The molecule has 2 aromatic rings. The first-order valence-corrected chi connectivity index (χ1v) is 9.39. The van der Waals surface area contributed by atoms with Crippen LogP contribution in [0.4, 0.5) is 11.6 Å². The summed E-state index contributed by atoms with van der Waals surface area (Å²) in [7, 11) is 0. The van der Waals surface area contributed by atoms with Gasteiger partial charge in [-0.1, -0.05) is 40.9 Å².